The summed E-state index contributed by atoms with van der Waals surface area (Å²) in [5.41, 5.74) is 0.304. The van der Waals surface area contributed by atoms with E-state index in [1.54, 1.807) is 12.1 Å². The zero-order valence-corrected chi connectivity index (χ0v) is 21.6. The van der Waals surface area contributed by atoms with Gasteiger partial charge in [0.15, 0.2) is 5.67 Å². The van der Waals surface area contributed by atoms with Crippen LogP contribution in [-0.4, -0.2) is 58.6 Å². The number of ether oxygens (including phenoxy) is 1. The molecule has 1 saturated carbocycles. The number of piperidine rings is 1. The minimum atomic E-state index is -1.47. The second-order valence-corrected chi connectivity index (χ2v) is 11.2. The molecule has 3 fully saturated rings. The third-order valence-electron chi connectivity index (χ3n) is 6.92. The summed E-state index contributed by atoms with van der Waals surface area (Å²) in [7, 11) is 0. The number of alkyl halides is 1. The maximum atomic E-state index is 14.8. The van der Waals surface area contributed by atoms with Gasteiger partial charge in [0, 0.05) is 43.6 Å². The normalized spacial score (nSPS) is 23.2. The van der Waals surface area contributed by atoms with Gasteiger partial charge in [-0.3, -0.25) is 4.79 Å². The largest absolute Gasteiger partial charge is 0.379 e. The highest BCUT2D eigenvalue weighted by molar-refractivity contribution is 7.98. The molecule has 0 amide bonds. The second kappa shape index (κ2) is 11.0. The smallest absolute Gasteiger partial charge is 0.287 e. The average Bonchev–Trinajstić information content (AvgIpc) is 3.75. The molecule has 0 bridgehead atoms. The van der Waals surface area contributed by atoms with Crippen molar-refractivity contribution in [3.05, 3.63) is 51.4 Å². The molecule has 8 nitrogen and oxygen atoms in total. The van der Waals surface area contributed by atoms with E-state index in [0.717, 1.165) is 44.5 Å². The molecule has 36 heavy (non-hydrogen) atoms. The van der Waals surface area contributed by atoms with Crippen molar-refractivity contribution in [2.75, 3.05) is 42.5 Å². The van der Waals surface area contributed by atoms with Crippen molar-refractivity contribution in [3.8, 4) is 6.07 Å². The highest BCUT2D eigenvalue weighted by atomic mass is 35.5. The van der Waals surface area contributed by atoms with Crippen molar-refractivity contribution >= 4 is 35.1 Å². The van der Waals surface area contributed by atoms with Crippen LogP contribution in [-0.2, 0) is 4.74 Å². The number of anilines is 2. The third-order valence-corrected chi connectivity index (χ3v) is 8.56. The van der Waals surface area contributed by atoms with Crippen LogP contribution in [0.4, 0.5) is 15.8 Å². The zero-order valence-electron chi connectivity index (χ0n) is 20.0. The Morgan fingerprint density at radius 3 is 2.67 bits per heavy atom. The Bertz CT molecular complexity index is 1150. The first-order valence-corrected chi connectivity index (χ1v) is 13.6. The first-order valence-electron chi connectivity index (χ1n) is 12.5. The maximum Gasteiger partial charge on any atom is 0.287 e. The number of aromatic nitrogens is 2. The van der Waals surface area contributed by atoms with Crippen molar-refractivity contribution in [3.63, 3.8) is 0 Å². The fourth-order valence-electron chi connectivity index (χ4n) is 4.65. The summed E-state index contributed by atoms with van der Waals surface area (Å²) in [5.74, 6) is 0. The van der Waals surface area contributed by atoms with Gasteiger partial charge in [-0.15, -0.1) is 0 Å². The summed E-state index contributed by atoms with van der Waals surface area (Å²) in [6.45, 7) is 2.28. The lowest BCUT2D eigenvalue weighted by molar-refractivity contribution is -0.0234. The van der Waals surface area contributed by atoms with Crippen molar-refractivity contribution in [2.24, 2.45) is 0 Å². The fraction of sp³-hybridized carbons (Fsp3) is 0.560. The summed E-state index contributed by atoms with van der Waals surface area (Å²) < 4.78 is 26.2. The SMILES string of the molecule is N#Cc1ccc(N(SN2CCC(n3ncc(NCC4(F)CCCOC4)c(Cl)c3=O)CC2)C2CC2)cc1. The van der Waals surface area contributed by atoms with Gasteiger partial charge >= 0.3 is 0 Å². The monoisotopic (exact) mass is 532 g/mol. The highest BCUT2D eigenvalue weighted by Crippen LogP contribution is 2.39. The highest BCUT2D eigenvalue weighted by Gasteiger charge is 2.34. The summed E-state index contributed by atoms with van der Waals surface area (Å²) in [6, 6.07) is 10.4. The lowest BCUT2D eigenvalue weighted by Gasteiger charge is -2.35. The Morgan fingerprint density at radius 1 is 1.28 bits per heavy atom. The van der Waals surface area contributed by atoms with Crippen LogP contribution in [0.25, 0.3) is 0 Å². The molecule has 5 rings (SSSR count). The Balaban J connectivity index is 1.18. The summed E-state index contributed by atoms with van der Waals surface area (Å²) >= 11 is 8.10. The number of benzene rings is 1. The minimum absolute atomic E-state index is 0.0319. The summed E-state index contributed by atoms with van der Waals surface area (Å²) in [5, 5.41) is 16.5. The molecule has 3 heterocycles. The van der Waals surface area contributed by atoms with Crippen LogP contribution in [0.2, 0.25) is 5.02 Å². The van der Waals surface area contributed by atoms with E-state index in [1.165, 1.54) is 10.9 Å². The topological polar surface area (TPSA) is 86.4 Å². The molecular weight excluding hydrogens is 503 g/mol. The Kier molecular flexibility index (Phi) is 7.72. The predicted octanol–water partition coefficient (Wildman–Crippen LogP) is 4.57. The van der Waals surface area contributed by atoms with E-state index in [-0.39, 0.29) is 29.8 Å². The number of rotatable bonds is 8. The molecule has 11 heteroatoms. The first kappa shape index (κ1) is 25.3. The number of nitriles is 1. The lowest BCUT2D eigenvalue weighted by Crippen LogP contribution is -2.41. The maximum absolute atomic E-state index is 14.8. The first-order chi connectivity index (χ1) is 17.5. The number of hydrogen-bond donors (Lipinski definition) is 1. The molecular formula is C25H30ClFN6O2S. The van der Waals surface area contributed by atoms with Gasteiger partial charge in [-0.1, -0.05) is 11.6 Å². The van der Waals surface area contributed by atoms with Gasteiger partial charge in [-0.05, 0) is 62.8 Å². The molecule has 1 aliphatic carbocycles. The zero-order chi connectivity index (χ0) is 25.1. The summed E-state index contributed by atoms with van der Waals surface area (Å²) in [4.78, 5) is 13.0. The van der Waals surface area contributed by atoms with Gasteiger partial charge in [-0.25, -0.2) is 13.4 Å². The van der Waals surface area contributed by atoms with Gasteiger partial charge < -0.3 is 14.4 Å². The number of halogens is 2. The fourth-order valence-corrected chi connectivity index (χ4v) is 6.03. The van der Waals surface area contributed by atoms with Crippen LogP contribution in [0, 0.1) is 11.3 Å². The van der Waals surface area contributed by atoms with E-state index in [2.05, 4.69) is 25.1 Å². The number of hydrogen-bond acceptors (Lipinski definition) is 8. The third kappa shape index (κ3) is 5.80. The molecule has 1 atom stereocenters. The Hall–Kier alpha value is -2.32. The van der Waals surface area contributed by atoms with Crippen molar-refractivity contribution in [2.45, 2.75) is 56.3 Å². The van der Waals surface area contributed by atoms with Crippen LogP contribution in [0.5, 0.6) is 0 Å². The van der Waals surface area contributed by atoms with E-state index < -0.39 is 5.67 Å². The quantitative estimate of drug-likeness (QED) is 0.495. The van der Waals surface area contributed by atoms with E-state index in [1.807, 2.05) is 24.3 Å². The van der Waals surface area contributed by atoms with E-state index in [0.29, 0.717) is 36.7 Å². The summed E-state index contributed by atoms with van der Waals surface area (Å²) in [6.07, 6.45) is 6.50. The van der Waals surface area contributed by atoms with E-state index in [4.69, 9.17) is 21.6 Å². The molecule has 2 aliphatic heterocycles. The van der Waals surface area contributed by atoms with Gasteiger partial charge in [0.05, 0.1) is 42.7 Å². The Labute approximate surface area is 219 Å². The molecule has 1 aromatic heterocycles. The van der Waals surface area contributed by atoms with Crippen molar-refractivity contribution in [1.29, 1.82) is 5.26 Å². The standard InChI is InChI=1S/C25H30ClFN6O2S/c26-23-22(29-16-25(27)10-1-13-35-17-25)15-30-32(24(23)34)19-8-11-31(12-9-19)36-33(21-6-7-21)20-4-2-18(14-28)3-5-20/h2-5,15,19,21,29H,1,6-13,16-17H2. The van der Waals surface area contributed by atoms with Crippen LogP contribution in [0.15, 0.2) is 35.3 Å². The van der Waals surface area contributed by atoms with E-state index in [9.17, 15) is 9.18 Å². The van der Waals surface area contributed by atoms with E-state index >= 15 is 0 Å². The molecule has 1 N–H and O–H groups in total. The Morgan fingerprint density at radius 2 is 2.03 bits per heavy atom. The lowest BCUT2D eigenvalue weighted by atomic mass is 9.99. The molecule has 1 aromatic carbocycles. The molecule has 192 valence electrons. The van der Waals surface area contributed by atoms with Crippen molar-refractivity contribution in [1.82, 2.24) is 14.1 Å². The van der Waals surface area contributed by atoms with Gasteiger partial charge in [0.2, 0.25) is 0 Å². The second-order valence-electron chi connectivity index (χ2n) is 9.74. The minimum Gasteiger partial charge on any atom is -0.379 e. The molecule has 2 aromatic rings. The average molecular weight is 533 g/mol. The van der Waals surface area contributed by atoms with Gasteiger partial charge in [0.25, 0.3) is 5.56 Å². The van der Waals surface area contributed by atoms with Crippen LogP contribution in [0.1, 0.15) is 50.1 Å². The van der Waals surface area contributed by atoms with Crippen molar-refractivity contribution < 1.29 is 9.13 Å². The van der Waals surface area contributed by atoms with Crippen LogP contribution in [0.3, 0.4) is 0 Å². The number of nitrogens with one attached hydrogen (secondary N) is 1. The van der Waals surface area contributed by atoms with Gasteiger partial charge in [0.1, 0.15) is 5.02 Å². The van der Waals surface area contributed by atoms with Gasteiger partial charge in [-0.2, -0.15) is 10.4 Å². The number of nitrogens with zero attached hydrogens (tertiary/aromatic N) is 5. The predicted molar refractivity (Wildman–Crippen MR) is 140 cm³/mol. The molecule has 0 radical (unpaired) electrons. The van der Waals surface area contributed by atoms with Crippen LogP contribution < -0.4 is 15.2 Å². The van der Waals surface area contributed by atoms with Crippen LogP contribution >= 0.6 is 23.7 Å². The molecule has 1 unspecified atom stereocenters. The molecule has 0 spiro atoms. The molecule has 2 saturated heterocycles. The molecule has 3 aliphatic rings.